The van der Waals surface area contributed by atoms with Crippen molar-refractivity contribution < 1.29 is 0 Å². The van der Waals surface area contributed by atoms with Crippen LogP contribution in [0.1, 0.15) is 57.8 Å². The van der Waals surface area contributed by atoms with E-state index in [-0.39, 0.29) is 0 Å². The molecule has 1 unspecified atom stereocenters. The van der Waals surface area contributed by atoms with E-state index in [1.54, 1.807) is 0 Å². The lowest BCUT2D eigenvalue weighted by Gasteiger charge is -2.19. The SMILES string of the molecule is CCCNC(CCCc1cccs1)CCC(C)C. The Hall–Kier alpha value is -0.340. The molecule has 0 saturated carbocycles. The number of nitrogens with one attached hydrogen (secondary N) is 1. The molecule has 104 valence electrons. The number of aryl methyl sites for hydroxylation is 1. The quantitative estimate of drug-likeness (QED) is 0.637. The topological polar surface area (TPSA) is 12.0 Å². The molecular weight excluding hydrogens is 238 g/mol. The van der Waals surface area contributed by atoms with Gasteiger partial charge in [0.05, 0.1) is 0 Å². The van der Waals surface area contributed by atoms with E-state index in [1.165, 1.54) is 49.9 Å². The van der Waals surface area contributed by atoms with Gasteiger partial charge in [-0.1, -0.05) is 26.8 Å². The summed E-state index contributed by atoms with van der Waals surface area (Å²) in [5.41, 5.74) is 0. The van der Waals surface area contributed by atoms with Crippen LogP contribution in [-0.2, 0) is 6.42 Å². The second-order valence-electron chi connectivity index (χ2n) is 5.59. The second-order valence-corrected chi connectivity index (χ2v) is 6.63. The van der Waals surface area contributed by atoms with Gasteiger partial charge in [-0.3, -0.25) is 0 Å². The van der Waals surface area contributed by atoms with Crippen molar-refractivity contribution in [3.05, 3.63) is 22.4 Å². The summed E-state index contributed by atoms with van der Waals surface area (Å²) in [4.78, 5) is 1.54. The molecule has 0 bridgehead atoms. The van der Waals surface area contributed by atoms with Gasteiger partial charge >= 0.3 is 0 Å². The smallest absolute Gasteiger partial charge is 0.00672 e. The van der Waals surface area contributed by atoms with E-state index in [4.69, 9.17) is 0 Å². The number of hydrogen-bond donors (Lipinski definition) is 1. The normalized spacial score (nSPS) is 13.1. The molecule has 0 aliphatic carbocycles. The third-order valence-corrected chi connectivity index (χ3v) is 4.27. The summed E-state index contributed by atoms with van der Waals surface area (Å²) in [6, 6.07) is 5.14. The van der Waals surface area contributed by atoms with E-state index in [9.17, 15) is 0 Å². The Kier molecular flexibility index (Phi) is 8.36. The van der Waals surface area contributed by atoms with Crippen LogP contribution in [-0.4, -0.2) is 12.6 Å². The fourth-order valence-electron chi connectivity index (χ4n) is 2.21. The monoisotopic (exact) mass is 267 g/mol. The molecular formula is C16H29NS. The first-order valence-corrected chi connectivity index (χ1v) is 8.36. The molecule has 1 atom stereocenters. The van der Waals surface area contributed by atoms with Crippen LogP contribution in [0.15, 0.2) is 17.5 Å². The summed E-state index contributed by atoms with van der Waals surface area (Å²) in [6.07, 6.45) is 7.82. The van der Waals surface area contributed by atoms with Crippen LogP contribution in [0.25, 0.3) is 0 Å². The minimum atomic E-state index is 0.729. The molecule has 0 aliphatic heterocycles. The van der Waals surface area contributed by atoms with E-state index >= 15 is 0 Å². The van der Waals surface area contributed by atoms with Crippen molar-refractivity contribution in [3.63, 3.8) is 0 Å². The van der Waals surface area contributed by atoms with Crippen molar-refractivity contribution in [1.82, 2.24) is 5.32 Å². The van der Waals surface area contributed by atoms with Gasteiger partial charge < -0.3 is 5.32 Å². The fraction of sp³-hybridized carbons (Fsp3) is 0.750. The van der Waals surface area contributed by atoms with E-state index in [1.807, 2.05) is 11.3 Å². The van der Waals surface area contributed by atoms with E-state index in [2.05, 4.69) is 43.6 Å². The minimum Gasteiger partial charge on any atom is -0.314 e. The fourth-order valence-corrected chi connectivity index (χ4v) is 2.96. The van der Waals surface area contributed by atoms with E-state index in [0.29, 0.717) is 0 Å². The van der Waals surface area contributed by atoms with Crippen molar-refractivity contribution >= 4 is 11.3 Å². The molecule has 1 heterocycles. The molecule has 1 nitrogen and oxygen atoms in total. The maximum Gasteiger partial charge on any atom is 0.00672 e. The zero-order valence-corrected chi connectivity index (χ0v) is 13.1. The zero-order valence-electron chi connectivity index (χ0n) is 12.2. The zero-order chi connectivity index (χ0) is 13.2. The summed E-state index contributed by atoms with van der Waals surface area (Å²) in [6.45, 7) is 8.06. The summed E-state index contributed by atoms with van der Waals surface area (Å²) in [5.74, 6) is 0.827. The van der Waals surface area contributed by atoms with Gasteiger partial charge in [-0.25, -0.2) is 0 Å². The average molecular weight is 267 g/mol. The maximum atomic E-state index is 3.71. The van der Waals surface area contributed by atoms with Crippen LogP contribution in [0.2, 0.25) is 0 Å². The molecule has 1 rings (SSSR count). The Balaban J connectivity index is 2.21. The van der Waals surface area contributed by atoms with Crippen LogP contribution >= 0.6 is 11.3 Å². The van der Waals surface area contributed by atoms with Gasteiger partial charge in [0.15, 0.2) is 0 Å². The number of thiophene rings is 1. The summed E-state index contributed by atoms with van der Waals surface area (Å²) < 4.78 is 0. The van der Waals surface area contributed by atoms with Crippen molar-refractivity contribution in [1.29, 1.82) is 0 Å². The standard InChI is InChI=1S/C16H29NS/c1-4-12-17-15(11-10-14(2)3)7-5-8-16-9-6-13-18-16/h6,9,13-15,17H,4-5,7-8,10-12H2,1-3H3. The highest BCUT2D eigenvalue weighted by Gasteiger charge is 2.08. The van der Waals surface area contributed by atoms with Gasteiger partial charge in [0, 0.05) is 10.9 Å². The summed E-state index contributed by atoms with van der Waals surface area (Å²) in [5, 5.41) is 5.89. The molecule has 0 spiro atoms. The summed E-state index contributed by atoms with van der Waals surface area (Å²) in [7, 11) is 0. The van der Waals surface area contributed by atoms with Gasteiger partial charge in [0.2, 0.25) is 0 Å². The molecule has 0 saturated heterocycles. The lowest BCUT2D eigenvalue weighted by Crippen LogP contribution is -2.30. The molecule has 1 aromatic heterocycles. The first-order chi connectivity index (χ1) is 8.72. The third kappa shape index (κ3) is 7.17. The minimum absolute atomic E-state index is 0.729. The first kappa shape index (κ1) is 15.7. The molecule has 0 amide bonds. The predicted octanol–water partition coefficient (Wildman–Crippen LogP) is 4.88. The molecule has 1 N–H and O–H groups in total. The van der Waals surface area contributed by atoms with Crippen LogP contribution in [0.4, 0.5) is 0 Å². The van der Waals surface area contributed by atoms with E-state index < -0.39 is 0 Å². The summed E-state index contributed by atoms with van der Waals surface area (Å²) >= 11 is 1.89. The van der Waals surface area contributed by atoms with Crippen molar-refractivity contribution in [2.45, 2.75) is 65.3 Å². The van der Waals surface area contributed by atoms with Crippen LogP contribution in [0.3, 0.4) is 0 Å². The highest BCUT2D eigenvalue weighted by molar-refractivity contribution is 7.09. The predicted molar refractivity (Wildman–Crippen MR) is 83.4 cm³/mol. The highest BCUT2D eigenvalue weighted by Crippen LogP contribution is 2.15. The van der Waals surface area contributed by atoms with Gasteiger partial charge in [-0.05, 0) is 62.4 Å². The number of hydrogen-bond acceptors (Lipinski definition) is 2. The Morgan fingerprint density at radius 3 is 2.67 bits per heavy atom. The first-order valence-electron chi connectivity index (χ1n) is 7.48. The van der Waals surface area contributed by atoms with Gasteiger partial charge in [0.1, 0.15) is 0 Å². The Labute approximate surface area is 117 Å². The second kappa shape index (κ2) is 9.57. The van der Waals surface area contributed by atoms with Gasteiger partial charge in [0.25, 0.3) is 0 Å². The lowest BCUT2D eigenvalue weighted by molar-refractivity contribution is 0.403. The van der Waals surface area contributed by atoms with Gasteiger partial charge in [-0.2, -0.15) is 0 Å². The third-order valence-electron chi connectivity index (χ3n) is 3.33. The molecule has 2 heteroatoms. The Bertz CT molecular complexity index is 279. The highest BCUT2D eigenvalue weighted by atomic mass is 32.1. The molecule has 0 radical (unpaired) electrons. The van der Waals surface area contributed by atoms with Crippen LogP contribution in [0, 0.1) is 5.92 Å². The van der Waals surface area contributed by atoms with Crippen molar-refractivity contribution in [3.8, 4) is 0 Å². The maximum absolute atomic E-state index is 3.71. The molecule has 1 aromatic rings. The van der Waals surface area contributed by atoms with Crippen molar-refractivity contribution in [2.75, 3.05) is 6.54 Å². The Morgan fingerprint density at radius 1 is 1.22 bits per heavy atom. The van der Waals surface area contributed by atoms with Crippen LogP contribution in [0.5, 0.6) is 0 Å². The van der Waals surface area contributed by atoms with Gasteiger partial charge in [-0.15, -0.1) is 11.3 Å². The largest absolute Gasteiger partial charge is 0.314 e. The Morgan fingerprint density at radius 2 is 2.06 bits per heavy atom. The lowest BCUT2D eigenvalue weighted by atomic mass is 9.99. The van der Waals surface area contributed by atoms with Crippen molar-refractivity contribution in [2.24, 2.45) is 5.92 Å². The molecule has 0 aromatic carbocycles. The average Bonchev–Trinajstić information content (AvgIpc) is 2.84. The molecule has 18 heavy (non-hydrogen) atoms. The number of rotatable bonds is 10. The molecule has 0 aliphatic rings. The molecule has 0 fully saturated rings. The van der Waals surface area contributed by atoms with E-state index in [0.717, 1.165) is 12.0 Å². The van der Waals surface area contributed by atoms with Crippen LogP contribution < -0.4 is 5.32 Å².